The molecule has 2 aliphatic rings. The van der Waals surface area contributed by atoms with Gasteiger partial charge in [0.15, 0.2) is 0 Å². The average molecular weight is 347 g/mol. The van der Waals surface area contributed by atoms with Crippen molar-refractivity contribution in [2.24, 2.45) is 0 Å². The normalized spacial score (nSPS) is 23.1. The van der Waals surface area contributed by atoms with Crippen LogP contribution in [0, 0.1) is 0 Å². The molecule has 136 valence electrons. The minimum absolute atomic E-state index is 0.000665. The zero-order chi connectivity index (χ0) is 17.8. The van der Waals surface area contributed by atoms with Gasteiger partial charge in [-0.1, -0.05) is 6.07 Å². The Labute approximate surface area is 147 Å². The molecule has 8 heteroatoms. The maximum atomic E-state index is 12.4. The molecule has 0 spiro atoms. The highest BCUT2D eigenvalue weighted by Gasteiger charge is 2.44. The second kappa shape index (κ2) is 7.79. The summed E-state index contributed by atoms with van der Waals surface area (Å²) in [5.74, 6) is 0.000665. The lowest BCUT2D eigenvalue weighted by molar-refractivity contribution is -0.153. The Morgan fingerprint density at radius 2 is 2.28 bits per heavy atom. The van der Waals surface area contributed by atoms with E-state index in [-0.39, 0.29) is 30.7 Å². The first kappa shape index (κ1) is 17.6. The Kier molecular flexibility index (Phi) is 5.50. The fourth-order valence-electron chi connectivity index (χ4n) is 3.22. The Hall–Kier alpha value is -2.19. The largest absolute Gasteiger partial charge is 0.364 e. The SMILES string of the molecule is CN(C)CCN1C(=O)CO[C@H]2CN(C(=O)NCc3cccnc3)C[C@@H]21. The van der Waals surface area contributed by atoms with E-state index >= 15 is 0 Å². The van der Waals surface area contributed by atoms with Gasteiger partial charge in [0, 0.05) is 38.6 Å². The highest BCUT2D eigenvalue weighted by atomic mass is 16.5. The number of carbonyl (C=O) groups is 2. The van der Waals surface area contributed by atoms with Crippen molar-refractivity contribution in [3.05, 3.63) is 30.1 Å². The number of nitrogens with one attached hydrogen (secondary N) is 1. The molecule has 25 heavy (non-hydrogen) atoms. The summed E-state index contributed by atoms with van der Waals surface area (Å²) < 4.78 is 5.66. The van der Waals surface area contributed by atoms with Gasteiger partial charge >= 0.3 is 6.03 Å². The minimum Gasteiger partial charge on any atom is -0.364 e. The summed E-state index contributed by atoms with van der Waals surface area (Å²) in [6.07, 6.45) is 3.33. The summed E-state index contributed by atoms with van der Waals surface area (Å²) >= 11 is 0. The van der Waals surface area contributed by atoms with Gasteiger partial charge in [0.05, 0.1) is 18.7 Å². The number of fused-ring (bicyclic) bond motifs is 1. The van der Waals surface area contributed by atoms with E-state index in [1.165, 1.54) is 0 Å². The van der Waals surface area contributed by atoms with Crippen molar-refractivity contribution in [3.63, 3.8) is 0 Å². The highest BCUT2D eigenvalue weighted by molar-refractivity contribution is 5.79. The number of ether oxygens (including phenoxy) is 1. The first-order valence-electron chi connectivity index (χ1n) is 8.52. The van der Waals surface area contributed by atoms with Gasteiger partial charge in [-0.05, 0) is 25.7 Å². The molecule has 1 N–H and O–H groups in total. The van der Waals surface area contributed by atoms with E-state index < -0.39 is 0 Å². The van der Waals surface area contributed by atoms with Crippen LogP contribution in [0.25, 0.3) is 0 Å². The molecule has 0 unspecified atom stereocenters. The van der Waals surface area contributed by atoms with Crippen LogP contribution in [0.1, 0.15) is 5.56 Å². The molecule has 2 aliphatic heterocycles. The number of amides is 3. The molecule has 8 nitrogen and oxygen atoms in total. The van der Waals surface area contributed by atoms with Gasteiger partial charge in [-0.2, -0.15) is 0 Å². The van der Waals surface area contributed by atoms with E-state index in [1.807, 2.05) is 36.0 Å². The summed E-state index contributed by atoms with van der Waals surface area (Å²) in [4.78, 5) is 34.3. The maximum absolute atomic E-state index is 12.4. The molecule has 2 atom stereocenters. The van der Waals surface area contributed by atoms with Crippen molar-refractivity contribution >= 4 is 11.9 Å². The molecule has 3 heterocycles. The van der Waals surface area contributed by atoms with E-state index in [2.05, 4.69) is 10.3 Å². The van der Waals surface area contributed by atoms with Crippen LogP contribution in [0.5, 0.6) is 0 Å². The fourth-order valence-corrected chi connectivity index (χ4v) is 3.22. The van der Waals surface area contributed by atoms with Gasteiger partial charge in [-0.3, -0.25) is 9.78 Å². The zero-order valence-corrected chi connectivity index (χ0v) is 14.7. The van der Waals surface area contributed by atoms with Crippen LogP contribution in [0.2, 0.25) is 0 Å². The molecule has 0 aromatic carbocycles. The lowest BCUT2D eigenvalue weighted by atomic mass is 10.1. The molecule has 3 rings (SSSR count). The van der Waals surface area contributed by atoms with Gasteiger partial charge in [-0.25, -0.2) is 4.79 Å². The van der Waals surface area contributed by atoms with Gasteiger partial charge in [-0.15, -0.1) is 0 Å². The van der Waals surface area contributed by atoms with Crippen molar-refractivity contribution < 1.29 is 14.3 Å². The maximum Gasteiger partial charge on any atom is 0.317 e. The zero-order valence-electron chi connectivity index (χ0n) is 14.7. The fraction of sp³-hybridized carbons (Fsp3) is 0.588. The first-order chi connectivity index (χ1) is 12.0. The second-order valence-electron chi connectivity index (χ2n) is 6.73. The number of likely N-dealkylation sites (tertiary alicyclic amines) is 1. The third-order valence-electron chi connectivity index (χ3n) is 4.62. The van der Waals surface area contributed by atoms with E-state index in [0.717, 1.165) is 12.1 Å². The molecule has 0 radical (unpaired) electrons. The standard InChI is InChI=1S/C17H25N5O3/c1-20(2)6-7-22-14-10-21(11-15(14)25-12-16(22)23)17(24)19-9-13-4-3-5-18-8-13/h3-5,8,14-15H,6-7,9-12H2,1-2H3,(H,19,24)/t14-,15-/m0/s1. The molecule has 0 aliphatic carbocycles. The Morgan fingerprint density at radius 1 is 1.44 bits per heavy atom. The number of aromatic nitrogens is 1. The first-order valence-corrected chi connectivity index (χ1v) is 8.52. The topological polar surface area (TPSA) is 78.0 Å². The number of pyridine rings is 1. The van der Waals surface area contributed by atoms with Crippen LogP contribution in [-0.4, -0.2) is 90.6 Å². The van der Waals surface area contributed by atoms with Crippen molar-refractivity contribution in [2.45, 2.75) is 18.7 Å². The number of hydrogen-bond acceptors (Lipinski definition) is 5. The molecule has 0 saturated carbocycles. The molecule has 2 fully saturated rings. The van der Waals surface area contributed by atoms with E-state index in [9.17, 15) is 9.59 Å². The lowest BCUT2D eigenvalue weighted by Gasteiger charge is -2.37. The van der Waals surface area contributed by atoms with Crippen molar-refractivity contribution in [3.8, 4) is 0 Å². The number of morpholine rings is 1. The van der Waals surface area contributed by atoms with Gasteiger partial charge in [0.2, 0.25) is 5.91 Å². The van der Waals surface area contributed by atoms with Crippen LogP contribution in [-0.2, 0) is 16.1 Å². The highest BCUT2D eigenvalue weighted by Crippen LogP contribution is 2.23. The molecular weight excluding hydrogens is 322 g/mol. The minimum atomic E-state index is -0.137. The average Bonchev–Trinajstić information content (AvgIpc) is 3.04. The summed E-state index contributed by atoms with van der Waals surface area (Å²) in [5.41, 5.74) is 0.950. The van der Waals surface area contributed by atoms with E-state index in [0.29, 0.717) is 26.2 Å². The summed E-state index contributed by atoms with van der Waals surface area (Å²) in [6.45, 7) is 2.99. The quantitative estimate of drug-likeness (QED) is 0.796. The van der Waals surface area contributed by atoms with Crippen molar-refractivity contribution in [1.82, 2.24) is 25.0 Å². The third-order valence-corrected chi connectivity index (χ3v) is 4.62. The van der Waals surface area contributed by atoms with Crippen LogP contribution in [0.15, 0.2) is 24.5 Å². The Bertz CT molecular complexity index is 610. The predicted octanol–water partition coefficient (Wildman–Crippen LogP) is -0.236. The molecule has 2 saturated heterocycles. The summed E-state index contributed by atoms with van der Waals surface area (Å²) in [5, 5.41) is 2.91. The van der Waals surface area contributed by atoms with Gasteiger partial charge in [0.25, 0.3) is 0 Å². The van der Waals surface area contributed by atoms with Gasteiger partial charge in [0.1, 0.15) is 6.61 Å². The number of hydrogen-bond donors (Lipinski definition) is 1. The van der Waals surface area contributed by atoms with Crippen LogP contribution < -0.4 is 5.32 Å². The molecule has 3 amide bonds. The van der Waals surface area contributed by atoms with E-state index in [4.69, 9.17) is 4.74 Å². The monoisotopic (exact) mass is 347 g/mol. The third kappa shape index (κ3) is 4.26. The summed E-state index contributed by atoms with van der Waals surface area (Å²) in [7, 11) is 3.96. The van der Waals surface area contributed by atoms with Crippen LogP contribution >= 0.6 is 0 Å². The Morgan fingerprint density at radius 3 is 3.00 bits per heavy atom. The molecule has 0 bridgehead atoms. The molecule has 1 aromatic heterocycles. The van der Waals surface area contributed by atoms with Crippen LogP contribution in [0.4, 0.5) is 4.79 Å². The number of carbonyl (C=O) groups excluding carboxylic acids is 2. The number of rotatable bonds is 5. The van der Waals surface area contributed by atoms with Crippen molar-refractivity contribution in [2.75, 3.05) is 46.9 Å². The Balaban J connectivity index is 1.57. The predicted molar refractivity (Wildman–Crippen MR) is 91.8 cm³/mol. The number of nitrogens with zero attached hydrogens (tertiary/aromatic N) is 4. The second-order valence-corrected chi connectivity index (χ2v) is 6.73. The summed E-state index contributed by atoms with van der Waals surface area (Å²) in [6, 6.07) is 3.56. The van der Waals surface area contributed by atoms with Crippen molar-refractivity contribution in [1.29, 1.82) is 0 Å². The smallest absolute Gasteiger partial charge is 0.317 e. The molecular formula is C17H25N5O3. The molecule has 1 aromatic rings. The van der Waals surface area contributed by atoms with Crippen LogP contribution in [0.3, 0.4) is 0 Å². The number of urea groups is 1. The lowest BCUT2D eigenvalue weighted by Crippen LogP contribution is -2.55. The van der Waals surface area contributed by atoms with E-state index in [1.54, 1.807) is 17.3 Å². The number of likely N-dealkylation sites (N-methyl/N-ethyl adjacent to an activating group) is 1. The van der Waals surface area contributed by atoms with Gasteiger partial charge < -0.3 is 24.8 Å².